The number of hydrogen-bond donors (Lipinski definition) is 1. The predicted octanol–water partition coefficient (Wildman–Crippen LogP) is 5.66. The van der Waals surface area contributed by atoms with E-state index in [1.165, 1.54) is 6.08 Å². The van der Waals surface area contributed by atoms with Crippen molar-refractivity contribution in [3.63, 3.8) is 0 Å². The summed E-state index contributed by atoms with van der Waals surface area (Å²) in [5.41, 5.74) is 0. The Kier molecular flexibility index (Phi) is 8.94. The molecule has 0 aliphatic heterocycles. The summed E-state index contributed by atoms with van der Waals surface area (Å²) in [6, 6.07) is 0. The lowest BCUT2D eigenvalue weighted by molar-refractivity contribution is -0.137. The average Bonchev–Trinajstić information content (AvgIpc) is 2.49. The molecule has 0 aliphatic carbocycles. The maximum atomic E-state index is 10.3. The van der Waals surface area contributed by atoms with Crippen LogP contribution >= 0.6 is 0 Å². The number of allylic oxidation sites excluding steroid dienone is 6. The SMILES string of the molecule is [2H]C([2H])([2H])C([2H])([2H])/C=C/C/C=C/C/C=C/CCCCCCCC(=O)O. The number of unbranched alkanes of at least 4 members (excludes halogenated alkanes) is 5. The van der Waals surface area contributed by atoms with Crippen LogP contribution in [0.2, 0.25) is 0 Å². The largest absolute Gasteiger partial charge is 0.481 e. The van der Waals surface area contributed by atoms with Gasteiger partial charge < -0.3 is 5.11 Å². The third kappa shape index (κ3) is 16.7. The Labute approximate surface area is 131 Å². The van der Waals surface area contributed by atoms with E-state index in [9.17, 15) is 4.79 Å². The van der Waals surface area contributed by atoms with Gasteiger partial charge in [-0.1, -0.05) is 62.6 Å². The van der Waals surface area contributed by atoms with Crippen LogP contribution in [0.1, 0.15) is 77.9 Å². The zero-order valence-corrected chi connectivity index (χ0v) is 12.2. The van der Waals surface area contributed by atoms with Gasteiger partial charge in [-0.25, -0.2) is 0 Å². The molecular weight excluding hydrogens is 248 g/mol. The van der Waals surface area contributed by atoms with Gasteiger partial charge in [-0.15, -0.1) is 0 Å². The maximum Gasteiger partial charge on any atom is 0.303 e. The van der Waals surface area contributed by atoms with Crippen LogP contribution in [0.15, 0.2) is 36.5 Å². The third-order valence-corrected chi connectivity index (χ3v) is 2.84. The fourth-order valence-electron chi connectivity index (χ4n) is 1.76. The van der Waals surface area contributed by atoms with E-state index in [2.05, 4.69) is 12.2 Å². The zero-order valence-electron chi connectivity index (χ0n) is 17.2. The molecule has 2 heteroatoms. The Morgan fingerprint density at radius 3 is 2.25 bits per heavy atom. The molecule has 0 atom stereocenters. The first-order valence-corrected chi connectivity index (χ1v) is 7.36. The van der Waals surface area contributed by atoms with Gasteiger partial charge in [-0.3, -0.25) is 4.79 Å². The van der Waals surface area contributed by atoms with E-state index in [4.69, 9.17) is 12.0 Å². The number of hydrogen-bond acceptors (Lipinski definition) is 1. The zero-order chi connectivity index (χ0) is 19.2. The molecule has 0 rings (SSSR count). The van der Waals surface area contributed by atoms with Gasteiger partial charge in [0, 0.05) is 13.3 Å². The monoisotopic (exact) mass is 283 g/mol. The Balaban J connectivity index is 3.63. The highest BCUT2D eigenvalue weighted by Gasteiger charge is 1.95. The number of carbonyl (C=O) groups is 1. The summed E-state index contributed by atoms with van der Waals surface area (Å²) >= 11 is 0. The van der Waals surface area contributed by atoms with E-state index in [0.717, 1.165) is 51.0 Å². The van der Waals surface area contributed by atoms with Crippen LogP contribution in [0.4, 0.5) is 0 Å². The average molecular weight is 283 g/mol. The van der Waals surface area contributed by atoms with Crippen LogP contribution < -0.4 is 0 Å². The minimum Gasteiger partial charge on any atom is -0.481 e. The van der Waals surface area contributed by atoms with Gasteiger partial charge in [0.2, 0.25) is 0 Å². The van der Waals surface area contributed by atoms with Crippen molar-refractivity contribution >= 4 is 5.97 Å². The Morgan fingerprint density at radius 1 is 0.950 bits per heavy atom. The lowest BCUT2D eigenvalue weighted by atomic mass is 10.1. The van der Waals surface area contributed by atoms with Crippen LogP contribution in [0.25, 0.3) is 0 Å². The van der Waals surface area contributed by atoms with E-state index >= 15 is 0 Å². The molecule has 0 aromatic rings. The first kappa shape index (κ1) is 11.4. The van der Waals surface area contributed by atoms with Crippen LogP contribution in [0.5, 0.6) is 0 Å². The summed E-state index contributed by atoms with van der Waals surface area (Å²) in [4.78, 5) is 10.3. The second kappa shape index (κ2) is 15.7. The highest BCUT2D eigenvalue weighted by atomic mass is 16.4. The molecule has 0 saturated heterocycles. The molecule has 1 N–H and O–H groups in total. The standard InChI is InChI=1S/C18H30O2/c1-2-3-4-5-6-7-8-9-10-11-12-13-14-15-16-17-18(19)20/h3-4,6-7,9-10H,2,5,8,11-17H2,1H3,(H,19,20)/b4-3+,7-6+,10-9+/i1D3,2D2. The van der Waals surface area contributed by atoms with E-state index in [-0.39, 0.29) is 6.42 Å². The summed E-state index contributed by atoms with van der Waals surface area (Å²) in [7, 11) is 0. The van der Waals surface area contributed by atoms with Crippen molar-refractivity contribution in [3.05, 3.63) is 36.5 Å². The molecule has 0 fully saturated rings. The van der Waals surface area contributed by atoms with Crippen molar-refractivity contribution in [1.29, 1.82) is 0 Å². The van der Waals surface area contributed by atoms with Gasteiger partial charge in [-0.2, -0.15) is 0 Å². The first-order chi connectivity index (χ1) is 11.7. The summed E-state index contributed by atoms with van der Waals surface area (Å²) in [6.07, 6.45) is 16.1. The van der Waals surface area contributed by atoms with E-state index in [0.29, 0.717) is 6.42 Å². The molecule has 0 aromatic heterocycles. The quantitative estimate of drug-likeness (QED) is 0.350. The van der Waals surface area contributed by atoms with Crippen molar-refractivity contribution in [2.45, 2.75) is 71.0 Å². The van der Waals surface area contributed by atoms with Crippen molar-refractivity contribution in [2.24, 2.45) is 0 Å². The van der Waals surface area contributed by atoms with Crippen molar-refractivity contribution < 1.29 is 16.8 Å². The summed E-state index contributed by atoms with van der Waals surface area (Å²) in [5.74, 6) is -0.720. The van der Waals surface area contributed by atoms with Crippen molar-refractivity contribution in [1.82, 2.24) is 0 Å². The van der Waals surface area contributed by atoms with E-state index in [1.54, 1.807) is 0 Å². The Morgan fingerprint density at radius 2 is 1.55 bits per heavy atom. The number of carboxylic acids is 1. The van der Waals surface area contributed by atoms with Gasteiger partial charge in [0.05, 0.1) is 0 Å². The highest BCUT2D eigenvalue weighted by Crippen LogP contribution is 2.07. The van der Waals surface area contributed by atoms with E-state index in [1.807, 2.05) is 12.2 Å². The molecule has 0 bridgehead atoms. The van der Waals surface area contributed by atoms with Gasteiger partial charge in [0.25, 0.3) is 0 Å². The lowest BCUT2D eigenvalue weighted by Gasteiger charge is -1.98. The fourth-order valence-corrected chi connectivity index (χ4v) is 1.76. The van der Waals surface area contributed by atoms with Gasteiger partial charge in [0.15, 0.2) is 0 Å². The second-order valence-corrected chi connectivity index (χ2v) is 4.66. The van der Waals surface area contributed by atoms with Crippen LogP contribution in [-0.2, 0) is 4.79 Å². The number of rotatable bonds is 13. The molecule has 0 unspecified atom stereocenters. The molecule has 0 aromatic carbocycles. The van der Waals surface area contributed by atoms with Crippen molar-refractivity contribution in [3.8, 4) is 0 Å². The third-order valence-electron chi connectivity index (χ3n) is 2.84. The number of aliphatic carboxylic acids is 1. The molecule has 0 amide bonds. The number of carboxylic acid groups (broad SMARTS) is 1. The molecule has 114 valence electrons. The highest BCUT2D eigenvalue weighted by molar-refractivity contribution is 5.66. The summed E-state index contributed by atoms with van der Waals surface area (Å²) < 4.78 is 36.1. The Bertz CT molecular complexity index is 451. The van der Waals surface area contributed by atoms with Crippen molar-refractivity contribution in [2.75, 3.05) is 0 Å². The van der Waals surface area contributed by atoms with Gasteiger partial charge in [-0.05, 0) is 38.5 Å². The lowest BCUT2D eigenvalue weighted by Crippen LogP contribution is -1.93. The second-order valence-electron chi connectivity index (χ2n) is 4.66. The summed E-state index contributed by atoms with van der Waals surface area (Å²) in [5, 5.41) is 8.51. The molecule has 20 heavy (non-hydrogen) atoms. The normalized spacial score (nSPS) is 17.1. The van der Waals surface area contributed by atoms with Gasteiger partial charge in [0.1, 0.15) is 0 Å². The molecule has 0 heterocycles. The molecular formula is C18H30O2. The predicted molar refractivity (Wildman–Crippen MR) is 86.9 cm³/mol. The van der Waals surface area contributed by atoms with Gasteiger partial charge >= 0.3 is 5.97 Å². The van der Waals surface area contributed by atoms with Crippen LogP contribution in [-0.4, -0.2) is 11.1 Å². The van der Waals surface area contributed by atoms with E-state index < -0.39 is 19.2 Å². The smallest absolute Gasteiger partial charge is 0.303 e. The maximum absolute atomic E-state index is 10.3. The fraction of sp³-hybridized carbons (Fsp3) is 0.611. The van der Waals surface area contributed by atoms with Crippen LogP contribution in [0.3, 0.4) is 0 Å². The topological polar surface area (TPSA) is 37.3 Å². The summed E-state index contributed by atoms with van der Waals surface area (Å²) in [6.45, 7) is -2.63. The molecule has 0 aliphatic rings. The molecule has 2 nitrogen and oxygen atoms in total. The minimum absolute atomic E-state index is 0.266. The molecule has 0 spiro atoms. The Hall–Kier alpha value is -1.31. The minimum atomic E-state index is -2.63. The first-order valence-electron chi connectivity index (χ1n) is 9.86. The molecule has 0 radical (unpaired) electrons. The molecule has 0 saturated carbocycles. The van der Waals surface area contributed by atoms with Crippen LogP contribution in [0, 0.1) is 0 Å².